The Morgan fingerprint density at radius 1 is 1.10 bits per heavy atom. The fraction of sp³-hybridized carbons (Fsp3) is 0.214. The van der Waals surface area contributed by atoms with E-state index in [4.69, 9.17) is 0 Å². The number of aryl methyl sites for hydroxylation is 2. The van der Waals surface area contributed by atoms with E-state index in [1.165, 1.54) is 6.92 Å². The molecule has 3 rings (SSSR count). The van der Waals surface area contributed by atoms with E-state index in [1.807, 2.05) is 0 Å². The zero-order valence-corrected chi connectivity index (χ0v) is 11.3. The number of hydrogen-bond donors (Lipinski definition) is 0. The molecule has 1 aromatic carbocycles. The van der Waals surface area contributed by atoms with Crippen molar-refractivity contribution in [1.29, 1.82) is 0 Å². The monoisotopic (exact) mass is 292 g/mol. The summed E-state index contributed by atoms with van der Waals surface area (Å²) in [5.41, 5.74) is 0.650. The highest BCUT2D eigenvalue weighted by atomic mass is 19.4. The van der Waals surface area contributed by atoms with Gasteiger partial charge < -0.3 is 0 Å². The van der Waals surface area contributed by atoms with Crippen molar-refractivity contribution in [2.45, 2.75) is 13.1 Å². The van der Waals surface area contributed by atoms with Crippen molar-refractivity contribution in [3.8, 4) is 11.3 Å². The van der Waals surface area contributed by atoms with E-state index in [2.05, 4.69) is 15.3 Å². The largest absolute Gasteiger partial charge is 0.418 e. The zero-order chi connectivity index (χ0) is 15.2. The van der Waals surface area contributed by atoms with Crippen LogP contribution in [0.5, 0.6) is 0 Å². The molecule has 0 fully saturated rings. The lowest BCUT2D eigenvalue weighted by molar-refractivity contribution is -0.138. The first-order chi connectivity index (χ1) is 9.84. The van der Waals surface area contributed by atoms with Gasteiger partial charge in [-0.2, -0.15) is 28.5 Å². The lowest BCUT2D eigenvalue weighted by Gasteiger charge is -2.10. The molecule has 0 bridgehead atoms. The Hall–Kier alpha value is -2.44. The highest BCUT2D eigenvalue weighted by Gasteiger charge is 2.33. The minimum Gasteiger partial charge on any atom is -0.275 e. The summed E-state index contributed by atoms with van der Waals surface area (Å²) in [7, 11) is 1.78. The van der Waals surface area contributed by atoms with Gasteiger partial charge in [0.15, 0.2) is 0 Å². The molecule has 0 saturated heterocycles. The molecule has 0 unspecified atom stereocenters. The van der Waals surface area contributed by atoms with E-state index in [9.17, 15) is 13.2 Å². The van der Waals surface area contributed by atoms with Crippen LogP contribution in [0.1, 0.15) is 11.3 Å². The van der Waals surface area contributed by atoms with Crippen molar-refractivity contribution in [2.75, 3.05) is 0 Å². The quantitative estimate of drug-likeness (QED) is 0.690. The standard InChI is InChI=1S/C14H11F3N4/c1-8-11(14(15,16)17)6-13(19-18-8)9-3-4-12-10(5-9)7-21(2)20-12/h3-7H,1-2H3. The molecule has 0 aliphatic rings. The van der Waals surface area contributed by atoms with Crippen LogP contribution in [-0.4, -0.2) is 20.0 Å². The molecule has 4 nitrogen and oxygen atoms in total. The van der Waals surface area contributed by atoms with Gasteiger partial charge in [0.25, 0.3) is 0 Å². The minimum atomic E-state index is -4.44. The number of benzene rings is 1. The highest BCUT2D eigenvalue weighted by Crippen LogP contribution is 2.33. The molecule has 0 aliphatic heterocycles. The summed E-state index contributed by atoms with van der Waals surface area (Å²) >= 11 is 0. The summed E-state index contributed by atoms with van der Waals surface area (Å²) in [5, 5.41) is 12.5. The Bertz CT molecular complexity index is 821. The molecule has 0 amide bonds. The van der Waals surface area contributed by atoms with Crippen molar-refractivity contribution in [3.63, 3.8) is 0 Å². The molecule has 2 heterocycles. The summed E-state index contributed by atoms with van der Waals surface area (Å²) < 4.78 is 40.4. The number of nitrogens with zero attached hydrogens (tertiary/aromatic N) is 4. The smallest absolute Gasteiger partial charge is 0.275 e. The van der Waals surface area contributed by atoms with Crippen LogP contribution in [0.2, 0.25) is 0 Å². The molecule has 7 heteroatoms. The molecular formula is C14H11F3N4. The van der Waals surface area contributed by atoms with Gasteiger partial charge >= 0.3 is 6.18 Å². The summed E-state index contributed by atoms with van der Waals surface area (Å²) in [6.45, 7) is 1.30. The first-order valence-electron chi connectivity index (χ1n) is 6.20. The van der Waals surface area contributed by atoms with Gasteiger partial charge in [-0.05, 0) is 25.1 Å². The van der Waals surface area contributed by atoms with Gasteiger partial charge in [0.1, 0.15) is 0 Å². The fourth-order valence-electron chi connectivity index (χ4n) is 2.19. The Morgan fingerprint density at radius 2 is 1.86 bits per heavy atom. The molecule has 0 atom stereocenters. The molecule has 0 saturated carbocycles. The van der Waals surface area contributed by atoms with Crippen LogP contribution in [0.15, 0.2) is 30.5 Å². The topological polar surface area (TPSA) is 43.6 Å². The average molecular weight is 292 g/mol. The van der Waals surface area contributed by atoms with Gasteiger partial charge in [-0.1, -0.05) is 6.07 Å². The van der Waals surface area contributed by atoms with Gasteiger partial charge in [-0.25, -0.2) is 0 Å². The molecule has 3 aromatic rings. The van der Waals surface area contributed by atoms with Crippen LogP contribution in [-0.2, 0) is 13.2 Å². The third kappa shape index (κ3) is 2.46. The Labute approximate surface area is 118 Å². The number of halogens is 3. The normalized spacial score (nSPS) is 12.0. The van der Waals surface area contributed by atoms with Crippen molar-refractivity contribution < 1.29 is 13.2 Å². The molecule has 0 spiro atoms. The Morgan fingerprint density at radius 3 is 2.57 bits per heavy atom. The van der Waals surface area contributed by atoms with Crippen LogP contribution >= 0.6 is 0 Å². The summed E-state index contributed by atoms with van der Waals surface area (Å²) in [4.78, 5) is 0. The highest BCUT2D eigenvalue weighted by molar-refractivity contribution is 5.83. The number of hydrogen-bond acceptors (Lipinski definition) is 3. The maximum atomic E-state index is 12.9. The summed E-state index contributed by atoms with van der Waals surface area (Å²) in [5.74, 6) is 0. The molecule has 2 aromatic heterocycles. The predicted octanol–water partition coefficient (Wildman–Crippen LogP) is 3.36. The Kier molecular flexibility index (Phi) is 2.93. The van der Waals surface area contributed by atoms with Gasteiger partial charge in [-0.15, -0.1) is 0 Å². The SMILES string of the molecule is Cc1nnc(-c2ccc3nn(C)cc3c2)cc1C(F)(F)F. The van der Waals surface area contributed by atoms with Gasteiger partial charge in [-0.3, -0.25) is 4.68 Å². The number of rotatable bonds is 1. The molecule has 0 aliphatic carbocycles. The predicted molar refractivity (Wildman–Crippen MR) is 71.5 cm³/mol. The number of aromatic nitrogens is 4. The first kappa shape index (κ1) is 13.5. The second-order valence-electron chi connectivity index (χ2n) is 4.80. The summed E-state index contributed by atoms with van der Waals surface area (Å²) in [6.07, 6.45) is -2.64. The molecule has 0 N–H and O–H groups in total. The second-order valence-corrected chi connectivity index (χ2v) is 4.80. The maximum Gasteiger partial charge on any atom is 0.418 e. The molecule has 0 radical (unpaired) electrons. The van der Waals surface area contributed by atoms with E-state index >= 15 is 0 Å². The van der Waals surface area contributed by atoms with Crippen LogP contribution in [0.25, 0.3) is 22.2 Å². The lowest BCUT2D eigenvalue weighted by Crippen LogP contribution is -2.10. The van der Waals surface area contributed by atoms with Crippen molar-refractivity contribution >= 4 is 10.9 Å². The maximum absolute atomic E-state index is 12.9. The van der Waals surface area contributed by atoms with E-state index in [0.717, 1.165) is 17.0 Å². The number of fused-ring (bicyclic) bond motifs is 1. The second kappa shape index (κ2) is 4.54. The van der Waals surface area contributed by atoms with Crippen LogP contribution < -0.4 is 0 Å². The van der Waals surface area contributed by atoms with E-state index < -0.39 is 11.7 Å². The minimum absolute atomic E-state index is 0.131. The molecular weight excluding hydrogens is 281 g/mol. The number of alkyl halides is 3. The van der Waals surface area contributed by atoms with Gasteiger partial charge in [0, 0.05) is 24.2 Å². The summed E-state index contributed by atoms with van der Waals surface area (Å²) in [6, 6.07) is 6.22. The van der Waals surface area contributed by atoms with Gasteiger partial charge in [0.05, 0.1) is 22.5 Å². The zero-order valence-electron chi connectivity index (χ0n) is 11.3. The van der Waals surface area contributed by atoms with Crippen molar-refractivity contribution in [3.05, 3.63) is 41.7 Å². The molecule has 108 valence electrons. The van der Waals surface area contributed by atoms with Gasteiger partial charge in [0.2, 0.25) is 0 Å². The Balaban J connectivity index is 2.13. The third-order valence-corrected chi connectivity index (χ3v) is 3.20. The third-order valence-electron chi connectivity index (χ3n) is 3.20. The van der Waals surface area contributed by atoms with Crippen LogP contribution in [0, 0.1) is 6.92 Å². The first-order valence-corrected chi connectivity index (χ1v) is 6.20. The van der Waals surface area contributed by atoms with E-state index in [1.54, 1.807) is 36.1 Å². The van der Waals surface area contributed by atoms with E-state index in [0.29, 0.717) is 5.56 Å². The van der Waals surface area contributed by atoms with Crippen molar-refractivity contribution in [2.24, 2.45) is 7.05 Å². The lowest BCUT2D eigenvalue weighted by atomic mass is 10.1. The van der Waals surface area contributed by atoms with Crippen LogP contribution in [0.3, 0.4) is 0 Å². The van der Waals surface area contributed by atoms with Crippen molar-refractivity contribution in [1.82, 2.24) is 20.0 Å². The average Bonchev–Trinajstić information content (AvgIpc) is 2.77. The molecule has 21 heavy (non-hydrogen) atoms. The fourth-order valence-corrected chi connectivity index (χ4v) is 2.19. The van der Waals surface area contributed by atoms with Crippen LogP contribution in [0.4, 0.5) is 13.2 Å². The van der Waals surface area contributed by atoms with E-state index in [-0.39, 0.29) is 11.4 Å².